The number of aliphatic hydroxyl groups is 1. The fourth-order valence-electron chi connectivity index (χ4n) is 3.00. The van der Waals surface area contributed by atoms with E-state index in [2.05, 4.69) is 28.1 Å². The molecule has 0 bridgehead atoms. The van der Waals surface area contributed by atoms with E-state index in [4.69, 9.17) is 0 Å². The number of nitrogens with zero attached hydrogens (tertiary/aromatic N) is 4. The molecule has 0 saturated carbocycles. The molecule has 0 unspecified atom stereocenters. The Balaban J connectivity index is 2.10. The summed E-state index contributed by atoms with van der Waals surface area (Å²) in [6.45, 7) is 15.2. The molecule has 0 aromatic carbocycles. The number of hydrogen-bond acceptors (Lipinski definition) is 5. The van der Waals surface area contributed by atoms with Crippen molar-refractivity contribution in [3.05, 3.63) is 54.8 Å². The smallest absolute Gasteiger partial charge is 0.128 e. The predicted molar refractivity (Wildman–Crippen MR) is 111 cm³/mol. The summed E-state index contributed by atoms with van der Waals surface area (Å²) in [4.78, 5) is 6.79. The summed E-state index contributed by atoms with van der Waals surface area (Å²) in [5, 5.41) is 16.5. The largest absolute Gasteiger partial charge is 0.390 e. The first-order chi connectivity index (χ1) is 12.2. The van der Waals surface area contributed by atoms with E-state index in [0.29, 0.717) is 0 Å². The Kier molecular flexibility index (Phi) is 6.37. The summed E-state index contributed by atoms with van der Waals surface area (Å²) in [6.07, 6.45) is 7.02. The molecule has 1 aromatic rings. The fraction of sp³-hybridized carbons (Fsp3) is 0.429. The van der Waals surface area contributed by atoms with Crippen LogP contribution in [0.3, 0.4) is 0 Å². The summed E-state index contributed by atoms with van der Waals surface area (Å²) >= 11 is 0. The minimum atomic E-state index is -0.553. The zero-order valence-electron chi connectivity index (χ0n) is 16.4. The van der Waals surface area contributed by atoms with Gasteiger partial charge in [-0.2, -0.15) is 5.10 Å². The first kappa shape index (κ1) is 19.9. The Labute approximate surface area is 157 Å². The summed E-state index contributed by atoms with van der Waals surface area (Å²) in [7, 11) is 1.90. The highest BCUT2D eigenvalue weighted by Gasteiger charge is 2.27. The Morgan fingerprint density at radius 1 is 1.35 bits per heavy atom. The van der Waals surface area contributed by atoms with E-state index in [-0.39, 0.29) is 0 Å². The zero-order valence-corrected chi connectivity index (χ0v) is 16.4. The van der Waals surface area contributed by atoms with Gasteiger partial charge in [0, 0.05) is 20.1 Å². The molecule has 26 heavy (non-hydrogen) atoms. The van der Waals surface area contributed by atoms with Gasteiger partial charge in [-0.25, -0.2) is 4.98 Å². The molecule has 0 spiro atoms. The van der Waals surface area contributed by atoms with Gasteiger partial charge in [-0.3, -0.25) is 5.01 Å². The average molecular weight is 354 g/mol. The third kappa shape index (κ3) is 5.05. The Bertz CT molecular complexity index is 706. The van der Waals surface area contributed by atoms with Crippen LogP contribution in [0.5, 0.6) is 0 Å². The topological polar surface area (TPSA) is 52.0 Å². The highest BCUT2D eigenvalue weighted by molar-refractivity contribution is 6.02. The standard InChI is InChI=1S/C21H30N4O/c1-7-8-19(16(2)3)17(4)23-24(6)18-9-10-20(22-15-18)25-13-11-21(5,26)12-14-25/h7-10,15,26H,1-2,11-14H2,3-6H3/b19-8+,23-17+. The lowest BCUT2D eigenvalue weighted by Gasteiger charge is -2.36. The van der Waals surface area contributed by atoms with E-state index in [1.165, 1.54) is 0 Å². The molecular weight excluding hydrogens is 324 g/mol. The van der Waals surface area contributed by atoms with Crippen LogP contribution in [0.15, 0.2) is 59.9 Å². The maximum absolute atomic E-state index is 10.1. The van der Waals surface area contributed by atoms with E-state index in [1.807, 2.05) is 57.2 Å². The Morgan fingerprint density at radius 2 is 2.00 bits per heavy atom. The second-order valence-electron chi connectivity index (χ2n) is 7.16. The molecular formula is C21H30N4O. The third-order valence-corrected chi connectivity index (χ3v) is 4.70. The van der Waals surface area contributed by atoms with Gasteiger partial charge in [-0.15, -0.1) is 0 Å². The van der Waals surface area contributed by atoms with Crippen molar-refractivity contribution in [3.63, 3.8) is 0 Å². The molecule has 1 saturated heterocycles. The molecule has 0 atom stereocenters. The zero-order chi connectivity index (χ0) is 19.3. The third-order valence-electron chi connectivity index (χ3n) is 4.70. The molecule has 1 aromatic heterocycles. The van der Waals surface area contributed by atoms with Crippen LogP contribution in [0, 0.1) is 0 Å². The molecule has 5 heteroatoms. The average Bonchev–Trinajstić information content (AvgIpc) is 2.59. The van der Waals surface area contributed by atoms with E-state index in [1.54, 1.807) is 6.08 Å². The normalized spacial score (nSPS) is 17.8. The minimum absolute atomic E-state index is 0.553. The maximum Gasteiger partial charge on any atom is 0.128 e. The molecule has 140 valence electrons. The molecule has 0 radical (unpaired) electrons. The summed E-state index contributed by atoms with van der Waals surface area (Å²) < 4.78 is 0. The van der Waals surface area contributed by atoms with E-state index < -0.39 is 5.60 Å². The summed E-state index contributed by atoms with van der Waals surface area (Å²) in [5.74, 6) is 0.938. The lowest BCUT2D eigenvalue weighted by molar-refractivity contribution is 0.0350. The van der Waals surface area contributed by atoms with Gasteiger partial charge in [0.2, 0.25) is 0 Å². The van der Waals surface area contributed by atoms with Gasteiger partial charge in [0.15, 0.2) is 0 Å². The second kappa shape index (κ2) is 8.32. The number of piperidine rings is 1. The molecule has 1 N–H and O–H groups in total. The monoisotopic (exact) mass is 354 g/mol. The first-order valence-electron chi connectivity index (χ1n) is 8.95. The van der Waals surface area contributed by atoms with Gasteiger partial charge < -0.3 is 10.0 Å². The van der Waals surface area contributed by atoms with E-state index in [9.17, 15) is 5.11 Å². The van der Waals surface area contributed by atoms with E-state index >= 15 is 0 Å². The van der Waals surface area contributed by atoms with Crippen LogP contribution in [-0.4, -0.2) is 41.5 Å². The number of aromatic nitrogens is 1. The van der Waals surface area contributed by atoms with Crippen LogP contribution < -0.4 is 9.91 Å². The summed E-state index contributed by atoms with van der Waals surface area (Å²) in [6, 6.07) is 4.03. The van der Waals surface area contributed by atoms with Gasteiger partial charge in [0.05, 0.1) is 23.2 Å². The number of hydrazone groups is 1. The van der Waals surface area contributed by atoms with Crippen molar-refractivity contribution in [2.75, 3.05) is 30.0 Å². The number of allylic oxidation sites excluding steroid dienone is 4. The van der Waals surface area contributed by atoms with Crippen molar-refractivity contribution in [2.24, 2.45) is 5.10 Å². The Morgan fingerprint density at radius 3 is 2.50 bits per heavy atom. The van der Waals surface area contributed by atoms with E-state index in [0.717, 1.165) is 54.3 Å². The van der Waals surface area contributed by atoms with Crippen LogP contribution in [0.4, 0.5) is 11.5 Å². The fourth-order valence-corrected chi connectivity index (χ4v) is 3.00. The lowest BCUT2D eigenvalue weighted by atomic mass is 9.94. The van der Waals surface area contributed by atoms with Crippen molar-refractivity contribution in [1.82, 2.24) is 4.98 Å². The van der Waals surface area contributed by atoms with Crippen LogP contribution >= 0.6 is 0 Å². The molecule has 1 aliphatic rings. The quantitative estimate of drug-likeness (QED) is 0.478. The highest BCUT2D eigenvalue weighted by Crippen LogP contribution is 2.25. The summed E-state index contributed by atoms with van der Waals surface area (Å²) in [5.41, 5.74) is 3.17. The number of anilines is 2. The van der Waals surface area contributed by atoms with Crippen molar-refractivity contribution in [2.45, 2.75) is 39.2 Å². The number of rotatable bonds is 6. The lowest BCUT2D eigenvalue weighted by Crippen LogP contribution is -2.42. The van der Waals surface area contributed by atoms with Gasteiger partial charge in [0.25, 0.3) is 0 Å². The number of hydrogen-bond donors (Lipinski definition) is 1. The first-order valence-corrected chi connectivity index (χ1v) is 8.95. The van der Waals surface area contributed by atoms with Crippen LogP contribution in [0.1, 0.15) is 33.6 Å². The molecule has 1 aliphatic heterocycles. The van der Waals surface area contributed by atoms with Crippen LogP contribution in [0.2, 0.25) is 0 Å². The highest BCUT2D eigenvalue weighted by atomic mass is 16.3. The van der Waals surface area contributed by atoms with Crippen molar-refractivity contribution < 1.29 is 5.11 Å². The molecule has 5 nitrogen and oxygen atoms in total. The predicted octanol–water partition coefficient (Wildman–Crippen LogP) is 3.93. The Hall–Kier alpha value is -2.40. The number of pyridine rings is 1. The van der Waals surface area contributed by atoms with Crippen molar-refractivity contribution >= 4 is 17.2 Å². The molecule has 2 rings (SSSR count). The minimum Gasteiger partial charge on any atom is -0.390 e. The van der Waals surface area contributed by atoms with Gasteiger partial charge in [-0.05, 0) is 56.9 Å². The van der Waals surface area contributed by atoms with Crippen LogP contribution in [0.25, 0.3) is 0 Å². The SMILES string of the molecule is C=C/C=C(C(=C)C)/C(C)=N/N(C)c1ccc(N2CCC(C)(O)CC2)nc1. The van der Waals surface area contributed by atoms with Gasteiger partial charge >= 0.3 is 0 Å². The van der Waals surface area contributed by atoms with Gasteiger partial charge in [0.1, 0.15) is 5.82 Å². The van der Waals surface area contributed by atoms with Crippen molar-refractivity contribution in [3.8, 4) is 0 Å². The van der Waals surface area contributed by atoms with Crippen molar-refractivity contribution in [1.29, 1.82) is 0 Å². The molecule has 1 fully saturated rings. The molecule has 0 aliphatic carbocycles. The molecule has 2 heterocycles. The van der Waals surface area contributed by atoms with Crippen LogP contribution in [-0.2, 0) is 0 Å². The van der Waals surface area contributed by atoms with Gasteiger partial charge in [-0.1, -0.05) is 25.3 Å². The molecule has 0 amide bonds. The second-order valence-corrected chi connectivity index (χ2v) is 7.16. The maximum atomic E-state index is 10.1.